The molecule has 1 unspecified atom stereocenters. The standard InChI is InChI=1S/C9H21N/c1-3-5-6-8-9(10)7-4-2/h9H,3-8,10H2,1-2H3. The fraction of sp³-hybridized carbons (Fsp3) is 1.00. The second-order valence-corrected chi connectivity index (χ2v) is 3.04. The van der Waals surface area contributed by atoms with Crippen molar-refractivity contribution in [3.8, 4) is 0 Å². The van der Waals surface area contributed by atoms with Gasteiger partial charge in [-0.05, 0) is 12.8 Å². The third kappa shape index (κ3) is 6.09. The quantitative estimate of drug-likeness (QED) is 0.568. The molecule has 0 amide bonds. The molecule has 0 spiro atoms. The molecule has 1 nitrogen and oxygen atoms in total. The molecule has 0 aromatic rings. The highest BCUT2D eigenvalue weighted by Crippen LogP contribution is 2.05. The molecule has 0 rings (SSSR count). The summed E-state index contributed by atoms with van der Waals surface area (Å²) in [5, 5.41) is 0. The smallest absolute Gasteiger partial charge is 0.00387 e. The highest BCUT2D eigenvalue weighted by atomic mass is 14.6. The first-order valence-electron chi connectivity index (χ1n) is 4.56. The highest BCUT2D eigenvalue weighted by Gasteiger charge is 1.98. The molecule has 0 aromatic carbocycles. The molecule has 0 radical (unpaired) electrons. The first-order chi connectivity index (χ1) is 4.81. The van der Waals surface area contributed by atoms with Crippen molar-refractivity contribution >= 4 is 0 Å². The summed E-state index contributed by atoms with van der Waals surface area (Å²) >= 11 is 0. The monoisotopic (exact) mass is 143 g/mol. The van der Waals surface area contributed by atoms with E-state index in [1.807, 2.05) is 0 Å². The van der Waals surface area contributed by atoms with E-state index < -0.39 is 0 Å². The molecule has 10 heavy (non-hydrogen) atoms. The summed E-state index contributed by atoms with van der Waals surface area (Å²) in [5.74, 6) is 0. The van der Waals surface area contributed by atoms with Gasteiger partial charge in [-0.1, -0.05) is 39.5 Å². The van der Waals surface area contributed by atoms with Crippen LogP contribution >= 0.6 is 0 Å². The zero-order valence-electron chi connectivity index (χ0n) is 7.40. The Bertz CT molecular complexity index is 61.7. The summed E-state index contributed by atoms with van der Waals surface area (Å²) in [4.78, 5) is 0. The van der Waals surface area contributed by atoms with E-state index in [-0.39, 0.29) is 0 Å². The van der Waals surface area contributed by atoms with Crippen molar-refractivity contribution in [3.63, 3.8) is 0 Å². The summed E-state index contributed by atoms with van der Waals surface area (Å²) < 4.78 is 0. The molecule has 0 aromatic heterocycles. The number of hydrogen-bond donors (Lipinski definition) is 1. The molecule has 0 fully saturated rings. The highest BCUT2D eigenvalue weighted by molar-refractivity contribution is 4.59. The van der Waals surface area contributed by atoms with Gasteiger partial charge in [0.1, 0.15) is 0 Å². The van der Waals surface area contributed by atoms with Gasteiger partial charge in [0.2, 0.25) is 0 Å². The second-order valence-electron chi connectivity index (χ2n) is 3.04. The van der Waals surface area contributed by atoms with Gasteiger partial charge in [0.25, 0.3) is 0 Å². The van der Waals surface area contributed by atoms with E-state index in [2.05, 4.69) is 13.8 Å². The van der Waals surface area contributed by atoms with Crippen LogP contribution in [0.1, 0.15) is 52.4 Å². The fourth-order valence-corrected chi connectivity index (χ4v) is 1.17. The molecule has 0 aliphatic carbocycles. The lowest BCUT2D eigenvalue weighted by atomic mass is 10.1. The van der Waals surface area contributed by atoms with Crippen LogP contribution < -0.4 is 5.73 Å². The van der Waals surface area contributed by atoms with Crippen LogP contribution in [0.4, 0.5) is 0 Å². The second kappa shape index (κ2) is 7.07. The van der Waals surface area contributed by atoms with Gasteiger partial charge in [-0.2, -0.15) is 0 Å². The van der Waals surface area contributed by atoms with Crippen molar-refractivity contribution in [2.45, 2.75) is 58.4 Å². The number of rotatable bonds is 6. The van der Waals surface area contributed by atoms with E-state index in [4.69, 9.17) is 5.73 Å². The molecule has 1 heteroatoms. The maximum Gasteiger partial charge on any atom is 0.00387 e. The van der Waals surface area contributed by atoms with E-state index in [0.29, 0.717) is 6.04 Å². The van der Waals surface area contributed by atoms with Gasteiger partial charge in [0.05, 0.1) is 0 Å². The Balaban J connectivity index is 2.97. The van der Waals surface area contributed by atoms with Crippen molar-refractivity contribution in [3.05, 3.63) is 0 Å². The minimum atomic E-state index is 0.469. The lowest BCUT2D eigenvalue weighted by Crippen LogP contribution is -2.18. The maximum absolute atomic E-state index is 5.82. The van der Waals surface area contributed by atoms with Crippen molar-refractivity contribution < 1.29 is 0 Å². The molecule has 0 bridgehead atoms. The van der Waals surface area contributed by atoms with Crippen LogP contribution in [0.2, 0.25) is 0 Å². The Morgan fingerprint density at radius 2 is 1.70 bits per heavy atom. The molecular weight excluding hydrogens is 122 g/mol. The van der Waals surface area contributed by atoms with E-state index in [1.165, 1.54) is 38.5 Å². The van der Waals surface area contributed by atoms with E-state index in [9.17, 15) is 0 Å². The number of nitrogens with two attached hydrogens (primary N) is 1. The molecule has 1 atom stereocenters. The molecule has 0 heterocycles. The Morgan fingerprint density at radius 3 is 2.20 bits per heavy atom. The van der Waals surface area contributed by atoms with Crippen LogP contribution in [0.25, 0.3) is 0 Å². The van der Waals surface area contributed by atoms with Gasteiger partial charge in [-0.25, -0.2) is 0 Å². The van der Waals surface area contributed by atoms with Crippen LogP contribution in [0.3, 0.4) is 0 Å². The Labute approximate surface area is 65.0 Å². The average Bonchev–Trinajstić information content (AvgIpc) is 1.89. The minimum Gasteiger partial charge on any atom is -0.328 e. The van der Waals surface area contributed by atoms with Crippen molar-refractivity contribution in [1.82, 2.24) is 0 Å². The van der Waals surface area contributed by atoms with Crippen LogP contribution in [-0.4, -0.2) is 6.04 Å². The normalized spacial score (nSPS) is 13.5. The number of unbranched alkanes of at least 4 members (excludes halogenated alkanes) is 2. The van der Waals surface area contributed by atoms with Gasteiger partial charge in [-0.3, -0.25) is 0 Å². The van der Waals surface area contributed by atoms with Gasteiger partial charge >= 0.3 is 0 Å². The molecule has 0 saturated carbocycles. The van der Waals surface area contributed by atoms with E-state index in [0.717, 1.165) is 0 Å². The predicted octanol–water partition coefficient (Wildman–Crippen LogP) is 2.69. The molecular formula is C9H21N. The predicted molar refractivity (Wildman–Crippen MR) is 47.0 cm³/mol. The van der Waals surface area contributed by atoms with Crippen LogP contribution in [0, 0.1) is 0 Å². The van der Waals surface area contributed by atoms with Crippen LogP contribution in [0.5, 0.6) is 0 Å². The summed E-state index contributed by atoms with van der Waals surface area (Å²) in [6.45, 7) is 4.42. The van der Waals surface area contributed by atoms with Gasteiger partial charge in [-0.15, -0.1) is 0 Å². The Morgan fingerprint density at radius 1 is 1.00 bits per heavy atom. The topological polar surface area (TPSA) is 26.0 Å². The van der Waals surface area contributed by atoms with Crippen molar-refractivity contribution in [1.29, 1.82) is 0 Å². The third-order valence-electron chi connectivity index (χ3n) is 1.84. The lowest BCUT2D eigenvalue weighted by Gasteiger charge is -2.08. The van der Waals surface area contributed by atoms with Crippen molar-refractivity contribution in [2.75, 3.05) is 0 Å². The maximum atomic E-state index is 5.82. The number of hydrogen-bond acceptors (Lipinski definition) is 1. The zero-order chi connectivity index (χ0) is 7.82. The Kier molecular flexibility index (Phi) is 7.04. The summed E-state index contributed by atoms with van der Waals surface area (Å²) in [6, 6.07) is 0.469. The first-order valence-corrected chi connectivity index (χ1v) is 4.56. The molecule has 2 N–H and O–H groups in total. The third-order valence-corrected chi connectivity index (χ3v) is 1.84. The van der Waals surface area contributed by atoms with Gasteiger partial charge < -0.3 is 5.73 Å². The van der Waals surface area contributed by atoms with E-state index in [1.54, 1.807) is 0 Å². The Hall–Kier alpha value is -0.0400. The minimum absolute atomic E-state index is 0.469. The zero-order valence-corrected chi connectivity index (χ0v) is 7.40. The fourth-order valence-electron chi connectivity index (χ4n) is 1.17. The van der Waals surface area contributed by atoms with Crippen LogP contribution in [-0.2, 0) is 0 Å². The largest absolute Gasteiger partial charge is 0.328 e. The molecule has 0 aliphatic rings. The SMILES string of the molecule is CCCCCC(N)CCC. The average molecular weight is 143 g/mol. The van der Waals surface area contributed by atoms with Crippen LogP contribution in [0.15, 0.2) is 0 Å². The summed E-state index contributed by atoms with van der Waals surface area (Å²) in [7, 11) is 0. The molecule has 0 saturated heterocycles. The molecule has 0 aliphatic heterocycles. The van der Waals surface area contributed by atoms with Gasteiger partial charge in [0.15, 0.2) is 0 Å². The first kappa shape index (κ1) is 9.96. The summed E-state index contributed by atoms with van der Waals surface area (Å²) in [5.41, 5.74) is 5.82. The molecule has 62 valence electrons. The van der Waals surface area contributed by atoms with Gasteiger partial charge in [0, 0.05) is 6.04 Å². The van der Waals surface area contributed by atoms with Crippen molar-refractivity contribution in [2.24, 2.45) is 5.73 Å². The van der Waals surface area contributed by atoms with E-state index >= 15 is 0 Å². The lowest BCUT2D eigenvalue weighted by molar-refractivity contribution is 0.524. The summed E-state index contributed by atoms with van der Waals surface area (Å²) in [6.07, 6.45) is 7.62.